The third-order valence-corrected chi connectivity index (χ3v) is 5.61. The van der Waals surface area contributed by atoms with Crippen molar-refractivity contribution in [2.45, 2.75) is 31.7 Å². The van der Waals surface area contributed by atoms with Crippen LogP contribution in [0.5, 0.6) is 0 Å². The van der Waals surface area contributed by atoms with E-state index >= 15 is 0 Å². The number of aryl methyl sites for hydroxylation is 1. The van der Waals surface area contributed by atoms with E-state index in [4.69, 9.17) is 19.4 Å². The first-order chi connectivity index (χ1) is 15.6. The van der Waals surface area contributed by atoms with E-state index in [0.29, 0.717) is 32.2 Å². The average molecular weight is 466 g/mol. The van der Waals surface area contributed by atoms with Crippen molar-refractivity contribution in [2.75, 3.05) is 26.3 Å². The van der Waals surface area contributed by atoms with Gasteiger partial charge in [0.2, 0.25) is 0 Å². The number of benzene rings is 1. The largest absolute Gasteiger partial charge is 0.490 e. The van der Waals surface area contributed by atoms with E-state index in [-0.39, 0.29) is 11.5 Å². The summed E-state index contributed by atoms with van der Waals surface area (Å²) in [6.45, 7) is 5.20. The van der Waals surface area contributed by atoms with Gasteiger partial charge in [0, 0.05) is 24.3 Å². The van der Waals surface area contributed by atoms with Crippen molar-refractivity contribution in [2.24, 2.45) is 5.92 Å². The number of carboxylic acids is 1. The molecule has 2 fully saturated rings. The summed E-state index contributed by atoms with van der Waals surface area (Å²) in [6.07, 6.45) is -2.33. The first kappa shape index (κ1) is 24.7. The number of likely N-dealkylation sites (tertiary alicyclic amines) is 1. The number of hydrogen-bond acceptors (Lipinski definition) is 5. The molecule has 0 saturated carbocycles. The van der Waals surface area contributed by atoms with Gasteiger partial charge < -0.3 is 19.5 Å². The fraction of sp³-hybridized carbons (Fsp3) is 0.435. The number of aromatic nitrogens is 1. The van der Waals surface area contributed by atoms with Crippen molar-refractivity contribution in [1.29, 1.82) is 0 Å². The zero-order valence-corrected chi connectivity index (χ0v) is 18.0. The Morgan fingerprint density at radius 3 is 2.58 bits per heavy atom. The van der Waals surface area contributed by atoms with E-state index in [1.807, 2.05) is 54.3 Å². The molecule has 0 radical (unpaired) electrons. The Morgan fingerprint density at radius 1 is 1.24 bits per heavy atom. The predicted octanol–water partition coefficient (Wildman–Crippen LogP) is 3.47. The molecule has 1 aromatic carbocycles. The lowest BCUT2D eigenvalue weighted by molar-refractivity contribution is -0.192. The highest BCUT2D eigenvalue weighted by Crippen LogP contribution is 2.40. The number of ether oxygens (including phenoxy) is 2. The molecule has 2 saturated heterocycles. The Bertz CT molecular complexity index is 962. The summed E-state index contributed by atoms with van der Waals surface area (Å²) in [5.41, 5.74) is 2.55. The van der Waals surface area contributed by atoms with E-state index in [1.165, 1.54) is 0 Å². The van der Waals surface area contributed by atoms with Gasteiger partial charge in [0.05, 0.1) is 32.0 Å². The molecule has 0 bridgehead atoms. The fourth-order valence-corrected chi connectivity index (χ4v) is 3.86. The topological polar surface area (TPSA) is 89.0 Å². The minimum absolute atomic E-state index is 0.0861. The van der Waals surface area contributed by atoms with Crippen LogP contribution in [0.4, 0.5) is 13.2 Å². The molecular weight excluding hydrogens is 441 g/mol. The smallest absolute Gasteiger partial charge is 0.475 e. The van der Waals surface area contributed by atoms with Crippen molar-refractivity contribution in [3.05, 3.63) is 65.5 Å². The van der Waals surface area contributed by atoms with Crippen LogP contribution in [0.2, 0.25) is 0 Å². The maximum atomic E-state index is 12.7. The van der Waals surface area contributed by atoms with Crippen molar-refractivity contribution < 1.29 is 37.3 Å². The molecule has 1 aromatic heterocycles. The highest BCUT2D eigenvalue weighted by molar-refractivity contribution is 5.95. The molecule has 7 nitrogen and oxygen atoms in total. The predicted molar refractivity (Wildman–Crippen MR) is 111 cm³/mol. The molecule has 1 spiro atoms. The van der Waals surface area contributed by atoms with E-state index < -0.39 is 12.1 Å². The van der Waals surface area contributed by atoms with Gasteiger partial charge in [0.15, 0.2) is 0 Å². The molecule has 2 aromatic rings. The normalized spacial score (nSPS) is 18.9. The van der Waals surface area contributed by atoms with Gasteiger partial charge in [-0.15, -0.1) is 0 Å². The van der Waals surface area contributed by atoms with Crippen molar-refractivity contribution in [3.8, 4) is 0 Å². The van der Waals surface area contributed by atoms with Gasteiger partial charge in [-0.3, -0.25) is 9.78 Å². The van der Waals surface area contributed by atoms with E-state index in [0.717, 1.165) is 29.8 Å². The lowest BCUT2D eigenvalue weighted by Gasteiger charge is -2.50. The monoisotopic (exact) mass is 466 g/mol. The second-order valence-corrected chi connectivity index (χ2v) is 8.07. The molecule has 1 unspecified atom stereocenters. The zero-order valence-electron chi connectivity index (χ0n) is 18.0. The van der Waals surface area contributed by atoms with Crippen LogP contribution < -0.4 is 0 Å². The van der Waals surface area contributed by atoms with Crippen LogP contribution in [0.25, 0.3) is 0 Å². The van der Waals surface area contributed by atoms with E-state index in [9.17, 15) is 18.0 Å². The second kappa shape index (κ2) is 10.3. The number of amides is 1. The SMILES string of the molecule is Cc1cccc(C(=O)N2CC3(C2)OCCC3COCc2ccccn2)c1.O=C(O)C(F)(F)F. The Kier molecular flexibility index (Phi) is 7.70. The van der Waals surface area contributed by atoms with Crippen LogP contribution in [-0.2, 0) is 20.9 Å². The third kappa shape index (κ3) is 6.29. The number of carbonyl (C=O) groups excluding carboxylic acids is 1. The second-order valence-electron chi connectivity index (χ2n) is 8.07. The van der Waals surface area contributed by atoms with Crippen molar-refractivity contribution in [3.63, 3.8) is 0 Å². The number of carbonyl (C=O) groups is 2. The molecule has 1 N–H and O–H groups in total. The van der Waals surface area contributed by atoms with Crippen LogP contribution in [-0.4, -0.2) is 64.9 Å². The van der Waals surface area contributed by atoms with Crippen LogP contribution in [0.15, 0.2) is 48.7 Å². The van der Waals surface area contributed by atoms with Gasteiger partial charge in [-0.1, -0.05) is 23.8 Å². The number of alkyl halides is 3. The van der Waals surface area contributed by atoms with Crippen LogP contribution in [0.1, 0.15) is 28.0 Å². The Labute approximate surface area is 189 Å². The fourth-order valence-electron chi connectivity index (χ4n) is 3.86. The molecule has 0 aliphatic carbocycles. The van der Waals surface area contributed by atoms with Crippen molar-refractivity contribution in [1.82, 2.24) is 9.88 Å². The number of halogens is 3. The number of aliphatic carboxylic acids is 1. The van der Waals surface area contributed by atoms with Gasteiger partial charge in [0.25, 0.3) is 5.91 Å². The molecule has 2 aliphatic heterocycles. The first-order valence-corrected chi connectivity index (χ1v) is 10.4. The number of pyridine rings is 1. The molecule has 3 heterocycles. The third-order valence-electron chi connectivity index (χ3n) is 5.61. The summed E-state index contributed by atoms with van der Waals surface area (Å²) >= 11 is 0. The summed E-state index contributed by atoms with van der Waals surface area (Å²) < 4.78 is 43.7. The molecule has 178 valence electrons. The standard InChI is InChI=1S/C21H24N2O3.C2HF3O2/c1-16-5-4-6-17(11-16)20(24)23-14-21(15-23)18(8-10-26-21)12-25-13-19-7-2-3-9-22-19;3-2(4,5)1(6)7/h2-7,9,11,18H,8,10,12-15H2,1H3;(H,6,7). The minimum Gasteiger partial charge on any atom is -0.475 e. The minimum atomic E-state index is -5.08. The Hall–Kier alpha value is -2.98. The molecule has 1 atom stereocenters. The lowest BCUT2D eigenvalue weighted by Crippen LogP contribution is -2.66. The molecule has 1 amide bonds. The van der Waals surface area contributed by atoms with Crippen LogP contribution in [0, 0.1) is 12.8 Å². The highest BCUT2D eigenvalue weighted by Gasteiger charge is 2.54. The molecule has 2 aliphatic rings. The maximum Gasteiger partial charge on any atom is 0.490 e. The summed E-state index contributed by atoms with van der Waals surface area (Å²) in [4.78, 5) is 27.7. The van der Waals surface area contributed by atoms with Crippen molar-refractivity contribution >= 4 is 11.9 Å². The van der Waals surface area contributed by atoms with Gasteiger partial charge >= 0.3 is 12.1 Å². The number of hydrogen-bond donors (Lipinski definition) is 1. The van der Waals surface area contributed by atoms with Gasteiger partial charge in [-0.05, 0) is 37.6 Å². The lowest BCUT2D eigenvalue weighted by atomic mass is 9.81. The zero-order chi connectivity index (χ0) is 24.1. The van der Waals surface area contributed by atoms with E-state index in [2.05, 4.69) is 4.98 Å². The quantitative estimate of drug-likeness (QED) is 0.726. The van der Waals surface area contributed by atoms with Gasteiger partial charge in [-0.25, -0.2) is 4.79 Å². The van der Waals surface area contributed by atoms with E-state index in [1.54, 1.807) is 6.20 Å². The summed E-state index contributed by atoms with van der Waals surface area (Å²) in [7, 11) is 0. The molecule has 4 rings (SSSR count). The summed E-state index contributed by atoms with van der Waals surface area (Å²) in [5.74, 6) is -2.34. The summed E-state index contributed by atoms with van der Waals surface area (Å²) in [5, 5.41) is 7.12. The van der Waals surface area contributed by atoms with Gasteiger partial charge in [0.1, 0.15) is 5.60 Å². The maximum absolute atomic E-state index is 12.7. The molecule has 10 heteroatoms. The molecule has 33 heavy (non-hydrogen) atoms. The number of rotatable bonds is 5. The summed E-state index contributed by atoms with van der Waals surface area (Å²) in [6, 6.07) is 13.6. The average Bonchev–Trinajstić information content (AvgIpc) is 3.17. The van der Waals surface area contributed by atoms with Crippen LogP contribution in [0.3, 0.4) is 0 Å². The van der Waals surface area contributed by atoms with Crippen LogP contribution >= 0.6 is 0 Å². The van der Waals surface area contributed by atoms with Gasteiger partial charge in [-0.2, -0.15) is 13.2 Å². The Balaban J connectivity index is 0.000000383. The highest BCUT2D eigenvalue weighted by atomic mass is 19.4. The number of nitrogens with zero attached hydrogens (tertiary/aromatic N) is 2. The number of carboxylic acid groups (broad SMARTS) is 1. The first-order valence-electron chi connectivity index (χ1n) is 10.4. The molecular formula is C23H25F3N2O5. The Morgan fingerprint density at radius 2 is 1.97 bits per heavy atom.